The molecule has 4 nitrogen and oxygen atoms in total. The fourth-order valence-electron chi connectivity index (χ4n) is 2.11. The lowest BCUT2D eigenvalue weighted by atomic mass is 10.1. The molecule has 0 bridgehead atoms. The topological polar surface area (TPSA) is 50.4 Å². The summed E-state index contributed by atoms with van der Waals surface area (Å²) in [6.45, 7) is 0. The molecule has 2 aromatic heterocycles. The van der Waals surface area contributed by atoms with Crippen LogP contribution in [0.4, 0.5) is 13.2 Å². The van der Waals surface area contributed by atoms with Crippen LogP contribution in [0.1, 0.15) is 17.0 Å². The molecule has 0 fully saturated rings. The van der Waals surface area contributed by atoms with Crippen molar-refractivity contribution in [2.24, 2.45) is 0 Å². The number of fused-ring (bicyclic) bond motifs is 1. The third kappa shape index (κ3) is 2.54. The highest BCUT2D eigenvalue weighted by atomic mass is 19.4. The van der Waals surface area contributed by atoms with E-state index >= 15 is 0 Å². The van der Waals surface area contributed by atoms with Crippen LogP contribution in [0.2, 0.25) is 0 Å². The average Bonchev–Trinajstić information content (AvgIpc) is 2.83. The standard InChI is InChI=1S/C14H10F3N3O/c15-14(16,17)10-4-1-3-9(7-10)8-12-18-19-13-11(21)5-2-6-20(12)13/h1-7,21H,8H2. The quantitative estimate of drug-likeness (QED) is 0.790. The maximum Gasteiger partial charge on any atom is 0.416 e. The summed E-state index contributed by atoms with van der Waals surface area (Å²) in [6, 6.07) is 8.15. The summed E-state index contributed by atoms with van der Waals surface area (Å²) in [6.07, 6.45) is -2.53. The first kappa shape index (κ1) is 13.4. The molecule has 0 amide bonds. The molecule has 0 aliphatic carbocycles. The average molecular weight is 293 g/mol. The van der Waals surface area contributed by atoms with Crippen molar-refractivity contribution < 1.29 is 18.3 Å². The smallest absolute Gasteiger partial charge is 0.416 e. The molecular formula is C14H10F3N3O. The van der Waals surface area contributed by atoms with Gasteiger partial charge in [0.2, 0.25) is 5.65 Å². The van der Waals surface area contributed by atoms with Gasteiger partial charge in [-0.05, 0) is 23.8 Å². The maximum absolute atomic E-state index is 12.7. The highest BCUT2D eigenvalue weighted by Crippen LogP contribution is 2.30. The van der Waals surface area contributed by atoms with E-state index in [1.165, 1.54) is 12.1 Å². The van der Waals surface area contributed by atoms with Crippen LogP contribution in [0.25, 0.3) is 5.65 Å². The molecule has 2 heterocycles. The van der Waals surface area contributed by atoms with Crippen molar-refractivity contribution in [3.8, 4) is 5.75 Å². The van der Waals surface area contributed by atoms with E-state index in [9.17, 15) is 18.3 Å². The first-order valence-electron chi connectivity index (χ1n) is 6.13. The SMILES string of the molecule is Oc1cccn2c(Cc3cccc(C(F)(F)F)c3)nnc12. The molecule has 21 heavy (non-hydrogen) atoms. The summed E-state index contributed by atoms with van der Waals surface area (Å²) in [5.74, 6) is 0.431. The van der Waals surface area contributed by atoms with Gasteiger partial charge in [0, 0.05) is 12.6 Å². The Morgan fingerprint density at radius 3 is 2.67 bits per heavy atom. The van der Waals surface area contributed by atoms with Crippen LogP contribution in [-0.4, -0.2) is 19.7 Å². The summed E-state index contributed by atoms with van der Waals surface area (Å²) >= 11 is 0. The number of hydrogen-bond donors (Lipinski definition) is 1. The number of nitrogens with zero attached hydrogens (tertiary/aromatic N) is 3. The zero-order valence-corrected chi connectivity index (χ0v) is 10.7. The summed E-state index contributed by atoms with van der Waals surface area (Å²) in [5.41, 5.74) is 0.0543. The van der Waals surface area contributed by atoms with Crippen molar-refractivity contribution in [3.05, 3.63) is 59.5 Å². The largest absolute Gasteiger partial charge is 0.504 e. The van der Waals surface area contributed by atoms with Crippen molar-refractivity contribution in [1.82, 2.24) is 14.6 Å². The Kier molecular flexibility index (Phi) is 3.04. The second-order valence-corrected chi connectivity index (χ2v) is 4.58. The second kappa shape index (κ2) is 4.76. The van der Waals surface area contributed by atoms with Crippen LogP contribution in [0, 0.1) is 0 Å². The fraction of sp³-hybridized carbons (Fsp3) is 0.143. The van der Waals surface area contributed by atoms with Gasteiger partial charge in [0.1, 0.15) is 5.82 Å². The van der Waals surface area contributed by atoms with Gasteiger partial charge in [-0.25, -0.2) is 0 Å². The fourth-order valence-corrected chi connectivity index (χ4v) is 2.11. The van der Waals surface area contributed by atoms with Crippen molar-refractivity contribution in [3.63, 3.8) is 0 Å². The van der Waals surface area contributed by atoms with Gasteiger partial charge < -0.3 is 5.11 Å². The lowest BCUT2D eigenvalue weighted by molar-refractivity contribution is -0.137. The molecule has 0 saturated carbocycles. The molecule has 7 heteroatoms. The van der Waals surface area contributed by atoms with E-state index in [-0.39, 0.29) is 17.8 Å². The Balaban J connectivity index is 1.98. The van der Waals surface area contributed by atoms with Gasteiger partial charge >= 0.3 is 6.18 Å². The lowest BCUT2D eigenvalue weighted by Crippen LogP contribution is -2.06. The Morgan fingerprint density at radius 1 is 1.10 bits per heavy atom. The van der Waals surface area contributed by atoms with E-state index in [2.05, 4.69) is 10.2 Å². The Labute approximate surface area is 117 Å². The summed E-state index contributed by atoms with van der Waals surface area (Å²) < 4.78 is 39.6. The maximum atomic E-state index is 12.7. The zero-order valence-electron chi connectivity index (χ0n) is 10.7. The zero-order chi connectivity index (χ0) is 15.0. The normalized spacial score (nSPS) is 12.0. The number of alkyl halides is 3. The number of aromatic nitrogens is 3. The van der Waals surface area contributed by atoms with E-state index in [1.54, 1.807) is 22.7 Å². The van der Waals surface area contributed by atoms with E-state index in [4.69, 9.17) is 0 Å². The van der Waals surface area contributed by atoms with Crippen LogP contribution < -0.4 is 0 Å². The van der Waals surface area contributed by atoms with Crippen LogP contribution in [-0.2, 0) is 12.6 Å². The minimum absolute atomic E-state index is 0.0275. The molecule has 1 N–H and O–H groups in total. The number of hydrogen-bond acceptors (Lipinski definition) is 3. The van der Waals surface area contributed by atoms with Gasteiger partial charge in [0.25, 0.3) is 0 Å². The van der Waals surface area contributed by atoms with Gasteiger partial charge in [-0.15, -0.1) is 10.2 Å². The van der Waals surface area contributed by atoms with Crippen molar-refractivity contribution >= 4 is 5.65 Å². The van der Waals surface area contributed by atoms with E-state index < -0.39 is 11.7 Å². The van der Waals surface area contributed by atoms with Gasteiger partial charge in [-0.1, -0.05) is 18.2 Å². The molecule has 0 unspecified atom stereocenters. The first-order chi connectivity index (χ1) is 9.95. The van der Waals surface area contributed by atoms with E-state index in [1.807, 2.05) is 0 Å². The van der Waals surface area contributed by atoms with Crippen molar-refractivity contribution in [1.29, 1.82) is 0 Å². The van der Waals surface area contributed by atoms with Gasteiger partial charge in [-0.3, -0.25) is 4.40 Å². The second-order valence-electron chi connectivity index (χ2n) is 4.58. The highest BCUT2D eigenvalue weighted by molar-refractivity contribution is 5.52. The third-order valence-corrected chi connectivity index (χ3v) is 3.10. The predicted octanol–water partition coefficient (Wildman–Crippen LogP) is 3.04. The number of pyridine rings is 1. The monoisotopic (exact) mass is 293 g/mol. The van der Waals surface area contributed by atoms with E-state index in [0.717, 1.165) is 12.1 Å². The highest BCUT2D eigenvalue weighted by Gasteiger charge is 2.30. The number of halogens is 3. The minimum Gasteiger partial charge on any atom is -0.504 e. The molecule has 3 rings (SSSR count). The van der Waals surface area contributed by atoms with Gasteiger partial charge in [0.05, 0.1) is 5.56 Å². The van der Waals surface area contributed by atoms with Gasteiger partial charge in [0.15, 0.2) is 5.75 Å². The molecule has 3 aromatic rings. The molecule has 0 atom stereocenters. The molecule has 0 spiro atoms. The third-order valence-electron chi connectivity index (χ3n) is 3.10. The van der Waals surface area contributed by atoms with Crippen LogP contribution in [0.3, 0.4) is 0 Å². The molecule has 108 valence electrons. The van der Waals surface area contributed by atoms with E-state index in [0.29, 0.717) is 11.4 Å². The Hall–Kier alpha value is -2.57. The van der Waals surface area contributed by atoms with Crippen molar-refractivity contribution in [2.45, 2.75) is 12.6 Å². The van der Waals surface area contributed by atoms with Crippen LogP contribution >= 0.6 is 0 Å². The lowest BCUT2D eigenvalue weighted by Gasteiger charge is -2.08. The number of benzene rings is 1. The van der Waals surface area contributed by atoms with Gasteiger partial charge in [-0.2, -0.15) is 13.2 Å². The summed E-state index contributed by atoms with van der Waals surface area (Å²) in [7, 11) is 0. The number of aromatic hydroxyl groups is 1. The molecule has 0 aliphatic rings. The molecule has 0 aliphatic heterocycles. The Morgan fingerprint density at radius 2 is 1.90 bits per heavy atom. The van der Waals surface area contributed by atoms with Crippen molar-refractivity contribution in [2.75, 3.05) is 0 Å². The Bertz CT molecular complexity index is 796. The summed E-state index contributed by atoms with van der Waals surface area (Å²) in [5, 5.41) is 17.4. The van der Waals surface area contributed by atoms with Crippen LogP contribution in [0.5, 0.6) is 5.75 Å². The minimum atomic E-state index is -4.37. The molecule has 0 radical (unpaired) electrons. The summed E-state index contributed by atoms with van der Waals surface area (Å²) in [4.78, 5) is 0. The number of rotatable bonds is 2. The predicted molar refractivity (Wildman–Crippen MR) is 68.9 cm³/mol. The molecule has 1 aromatic carbocycles. The van der Waals surface area contributed by atoms with Crippen LogP contribution in [0.15, 0.2) is 42.6 Å². The molecule has 0 saturated heterocycles. The first-order valence-corrected chi connectivity index (χ1v) is 6.13. The molecular weight excluding hydrogens is 283 g/mol.